The zero-order valence-electron chi connectivity index (χ0n) is 21.0. The largest absolute Gasteiger partial charge is 0.457 e. The van der Waals surface area contributed by atoms with E-state index in [9.17, 15) is 14.4 Å². The van der Waals surface area contributed by atoms with E-state index in [2.05, 4.69) is 15.6 Å². The van der Waals surface area contributed by atoms with Crippen LogP contribution in [0.25, 0.3) is 0 Å². The molecule has 0 spiro atoms. The van der Waals surface area contributed by atoms with Gasteiger partial charge in [0, 0.05) is 37.8 Å². The number of hydrogen-bond acceptors (Lipinski definition) is 6. The van der Waals surface area contributed by atoms with Crippen LogP contribution in [0.5, 0.6) is 11.5 Å². The molecule has 10 heteroatoms. The predicted octanol–water partition coefficient (Wildman–Crippen LogP) is 4.30. The van der Waals surface area contributed by atoms with Crippen molar-refractivity contribution in [3.63, 3.8) is 0 Å². The van der Waals surface area contributed by atoms with Gasteiger partial charge < -0.3 is 20.3 Å². The molecule has 38 heavy (non-hydrogen) atoms. The lowest BCUT2D eigenvalue weighted by Crippen LogP contribution is -2.49. The summed E-state index contributed by atoms with van der Waals surface area (Å²) in [5.74, 6) is 1.26. The monoisotopic (exact) mass is 529 g/mol. The van der Waals surface area contributed by atoms with Crippen LogP contribution in [0.2, 0.25) is 0 Å². The molecule has 0 aliphatic carbocycles. The van der Waals surface area contributed by atoms with E-state index in [1.54, 1.807) is 16.0 Å². The van der Waals surface area contributed by atoms with Gasteiger partial charge in [-0.2, -0.15) is 0 Å². The van der Waals surface area contributed by atoms with E-state index < -0.39 is 11.3 Å². The van der Waals surface area contributed by atoms with E-state index in [1.807, 2.05) is 61.5 Å². The van der Waals surface area contributed by atoms with Crippen molar-refractivity contribution in [2.45, 2.75) is 42.6 Å². The summed E-state index contributed by atoms with van der Waals surface area (Å²) in [5.41, 5.74) is 3.19. The van der Waals surface area contributed by atoms with Gasteiger partial charge in [-0.05, 0) is 55.3 Å². The minimum Gasteiger partial charge on any atom is -0.457 e. The number of ether oxygens (including phenoxy) is 1. The molecule has 3 aromatic rings. The van der Waals surface area contributed by atoms with Gasteiger partial charge in [0.25, 0.3) is 0 Å². The third kappa shape index (κ3) is 4.34. The highest BCUT2D eigenvalue weighted by atomic mass is 32.2. The summed E-state index contributed by atoms with van der Waals surface area (Å²) >= 11 is 1.39. The number of anilines is 2. The quantitative estimate of drug-likeness (QED) is 0.511. The number of likely N-dealkylation sites (tertiary alicyclic amines) is 1. The fourth-order valence-electron chi connectivity index (χ4n) is 5.36. The Labute approximate surface area is 224 Å². The van der Waals surface area contributed by atoms with Crippen LogP contribution in [0, 0.1) is 6.92 Å². The summed E-state index contributed by atoms with van der Waals surface area (Å²) < 4.78 is 5.96. The number of amides is 4. The number of carbonyl (C=O) groups is 3. The number of carbonyl (C=O) groups excluding carboxylic acids is 3. The second-order valence-corrected chi connectivity index (χ2v) is 10.8. The second-order valence-electron chi connectivity index (χ2n) is 9.68. The van der Waals surface area contributed by atoms with Crippen molar-refractivity contribution < 1.29 is 19.1 Å². The van der Waals surface area contributed by atoms with E-state index in [0.717, 1.165) is 33.3 Å². The van der Waals surface area contributed by atoms with Gasteiger partial charge >= 0.3 is 6.03 Å². The summed E-state index contributed by atoms with van der Waals surface area (Å²) in [4.78, 5) is 46.5. The van der Waals surface area contributed by atoms with Gasteiger partial charge in [0.1, 0.15) is 21.8 Å². The van der Waals surface area contributed by atoms with Crippen LogP contribution >= 0.6 is 11.8 Å². The maximum atomic E-state index is 13.5. The van der Waals surface area contributed by atoms with E-state index in [1.165, 1.54) is 18.7 Å². The van der Waals surface area contributed by atoms with Crippen LogP contribution in [-0.4, -0.2) is 52.1 Å². The van der Waals surface area contributed by atoms with Gasteiger partial charge in [-0.3, -0.25) is 14.5 Å². The molecule has 3 aliphatic heterocycles. The summed E-state index contributed by atoms with van der Waals surface area (Å²) in [6.07, 6.45) is 2.40. The number of para-hydroxylation sites is 1. The van der Waals surface area contributed by atoms with Crippen molar-refractivity contribution in [3.05, 3.63) is 71.9 Å². The van der Waals surface area contributed by atoms with Crippen molar-refractivity contribution in [3.8, 4) is 11.5 Å². The molecule has 9 nitrogen and oxygen atoms in total. The molecule has 3 aliphatic rings. The average Bonchev–Trinajstić information content (AvgIpc) is 3.50. The number of nitrogens with zero attached hydrogens (tertiary/aromatic N) is 3. The van der Waals surface area contributed by atoms with Gasteiger partial charge in [-0.25, -0.2) is 9.78 Å². The van der Waals surface area contributed by atoms with Crippen LogP contribution < -0.4 is 20.3 Å². The lowest BCUT2D eigenvalue weighted by Gasteiger charge is -2.35. The molecule has 0 radical (unpaired) electrons. The first-order valence-electron chi connectivity index (χ1n) is 12.5. The SMILES string of the molecule is CC(=O)N[C@H]1CCN(C(=O)C2Sc3nccc4c3C2NC(=O)N4c2ccc(Oc3ccccc3)cc2C)C1. The van der Waals surface area contributed by atoms with Crippen molar-refractivity contribution in [2.75, 3.05) is 18.0 Å². The fourth-order valence-corrected chi connectivity index (χ4v) is 6.68. The van der Waals surface area contributed by atoms with Gasteiger partial charge in [-0.1, -0.05) is 30.0 Å². The predicted molar refractivity (Wildman–Crippen MR) is 144 cm³/mol. The molecule has 2 unspecified atom stereocenters. The number of urea groups is 1. The Morgan fingerprint density at radius 2 is 1.92 bits per heavy atom. The molecule has 0 saturated carbocycles. The maximum Gasteiger partial charge on any atom is 0.327 e. The standard InChI is InChI=1S/C28H27N5O4S/c1-16-14-20(37-19-6-4-3-5-7-19)8-9-21(16)33-22-10-12-29-26-23(22)24(31-28(33)36)25(38-26)27(35)32-13-11-18(15-32)30-17(2)34/h3-10,12,14,18,24-25H,11,13,15H2,1-2H3,(H,30,34)(H,31,36)/t18-,24?,25?/m0/s1. The fraction of sp³-hybridized carbons (Fsp3) is 0.286. The first-order valence-corrected chi connectivity index (χ1v) is 13.4. The number of nitrogens with one attached hydrogen (secondary N) is 2. The summed E-state index contributed by atoms with van der Waals surface area (Å²) in [7, 11) is 0. The number of aromatic nitrogens is 1. The third-order valence-electron chi connectivity index (χ3n) is 7.04. The Kier molecular flexibility index (Phi) is 6.19. The smallest absolute Gasteiger partial charge is 0.327 e. The third-order valence-corrected chi connectivity index (χ3v) is 8.32. The van der Waals surface area contributed by atoms with Crippen LogP contribution in [-0.2, 0) is 9.59 Å². The number of aryl methyl sites for hydroxylation is 1. The molecular formula is C28H27N5O4S. The number of pyridine rings is 1. The highest BCUT2D eigenvalue weighted by Gasteiger charge is 2.48. The summed E-state index contributed by atoms with van der Waals surface area (Å²) in [5, 5.41) is 6.21. The van der Waals surface area contributed by atoms with Crippen LogP contribution in [0.1, 0.15) is 30.5 Å². The number of thioether (sulfide) groups is 1. The minimum absolute atomic E-state index is 0.0489. The first-order chi connectivity index (χ1) is 18.4. The van der Waals surface area contributed by atoms with Crippen LogP contribution in [0.4, 0.5) is 16.2 Å². The number of rotatable bonds is 5. The molecule has 1 fully saturated rings. The normalized spacial score (nSPS) is 21.6. The lowest BCUT2D eigenvalue weighted by atomic mass is 9.99. The maximum absolute atomic E-state index is 13.5. The van der Waals surface area contributed by atoms with Gasteiger partial charge in [0.2, 0.25) is 11.8 Å². The molecule has 2 N–H and O–H groups in total. The molecule has 4 amide bonds. The van der Waals surface area contributed by atoms with Gasteiger partial charge in [-0.15, -0.1) is 0 Å². The van der Waals surface area contributed by atoms with E-state index >= 15 is 0 Å². The lowest BCUT2D eigenvalue weighted by molar-refractivity contribution is -0.130. The Bertz CT molecular complexity index is 1430. The number of hydrogen-bond donors (Lipinski definition) is 2. The molecule has 194 valence electrons. The van der Waals surface area contributed by atoms with Crippen LogP contribution in [0.15, 0.2) is 65.8 Å². The number of benzene rings is 2. The molecule has 1 aromatic heterocycles. The van der Waals surface area contributed by atoms with Gasteiger partial charge in [0.05, 0.1) is 17.4 Å². The van der Waals surface area contributed by atoms with E-state index in [-0.39, 0.29) is 23.9 Å². The highest BCUT2D eigenvalue weighted by molar-refractivity contribution is 8.01. The molecule has 6 rings (SSSR count). The zero-order valence-corrected chi connectivity index (χ0v) is 21.8. The molecule has 0 bridgehead atoms. The summed E-state index contributed by atoms with van der Waals surface area (Å²) in [6, 6.07) is 16.2. The second kappa shape index (κ2) is 9.68. The zero-order chi connectivity index (χ0) is 26.4. The van der Waals surface area contributed by atoms with Gasteiger partial charge in [0.15, 0.2) is 0 Å². The molecule has 2 aromatic carbocycles. The van der Waals surface area contributed by atoms with E-state index in [0.29, 0.717) is 25.3 Å². The summed E-state index contributed by atoms with van der Waals surface area (Å²) in [6.45, 7) is 4.46. The molecule has 1 saturated heterocycles. The van der Waals surface area contributed by atoms with Crippen molar-refractivity contribution in [2.24, 2.45) is 0 Å². The Balaban J connectivity index is 1.26. The van der Waals surface area contributed by atoms with Crippen molar-refractivity contribution in [1.29, 1.82) is 0 Å². The van der Waals surface area contributed by atoms with Crippen molar-refractivity contribution in [1.82, 2.24) is 20.5 Å². The van der Waals surface area contributed by atoms with Crippen LogP contribution in [0.3, 0.4) is 0 Å². The molecule has 4 heterocycles. The minimum atomic E-state index is -0.511. The highest BCUT2D eigenvalue weighted by Crippen LogP contribution is 2.51. The van der Waals surface area contributed by atoms with Crippen molar-refractivity contribution >= 4 is 41.0 Å². The Morgan fingerprint density at radius 3 is 2.68 bits per heavy atom. The Hall–Kier alpha value is -4.05. The first kappa shape index (κ1) is 24.3. The topological polar surface area (TPSA) is 104 Å². The van der Waals surface area contributed by atoms with E-state index in [4.69, 9.17) is 4.74 Å². The Morgan fingerprint density at radius 1 is 1.11 bits per heavy atom. The molecular weight excluding hydrogens is 502 g/mol. The average molecular weight is 530 g/mol. The molecule has 3 atom stereocenters.